The Hall–Kier alpha value is -1.71. The highest BCUT2D eigenvalue weighted by Gasteiger charge is 2.12. The lowest BCUT2D eigenvalue weighted by Gasteiger charge is -2.17. The van der Waals surface area contributed by atoms with Crippen molar-refractivity contribution >= 4 is 28.1 Å². The van der Waals surface area contributed by atoms with Gasteiger partial charge in [0.1, 0.15) is 0 Å². The molecule has 3 aromatic rings. The number of aryl methyl sites for hydroxylation is 1. The van der Waals surface area contributed by atoms with Crippen molar-refractivity contribution in [1.82, 2.24) is 4.57 Å². The van der Waals surface area contributed by atoms with Crippen molar-refractivity contribution in [3.63, 3.8) is 0 Å². The third-order valence-corrected chi connectivity index (χ3v) is 5.17. The SMILES string of the molecule is Cc1ccc(-c2c(Br)c(=S)cc(-c3ccccc3)n2C)cc1. The topological polar surface area (TPSA) is 4.93 Å². The maximum Gasteiger partial charge on any atom is 0.0641 e. The standard InChI is InChI=1S/C19H16BrNS/c1-13-8-10-15(11-9-13)19-18(20)17(22)12-16(21(19)2)14-6-4-3-5-7-14/h3-12H,1-2H3. The van der Waals surface area contributed by atoms with E-state index < -0.39 is 0 Å². The van der Waals surface area contributed by atoms with Crippen LogP contribution in [0.15, 0.2) is 65.1 Å². The molecule has 0 saturated carbocycles. The number of benzene rings is 2. The average molecular weight is 370 g/mol. The van der Waals surface area contributed by atoms with Crippen LogP contribution in [-0.2, 0) is 7.05 Å². The lowest BCUT2D eigenvalue weighted by atomic mass is 10.1. The highest BCUT2D eigenvalue weighted by Crippen LogP contribution is 2.33. The van der Waals surface area contributed by atoms with Gasteiger partial charge in [0.15, 0.2) is 0 Å². The third kappa shape index (κ3) is 2.79. The molecule has 0 aliphatic carbocycles. The number of hydrogen-bond donors (Lipinski definition) is 0. The maximum atomic E-state index is 5.55. The van der Waals surface area contributed by atoms with Gasteiger partial charge < -0.3 is 4.57 Å². The summed E-state index contributed by atoms with van der Waals surface area (Å²) in [7, 11) is 2.08. The Balaban J connectivity index is 2.29. The molecule has 0 atom stereocenters. The van der Waals surface area contributed by atoms with Crippen LogP contribution in [0.3, 0.4) is 0 Å². The number of nitrogens with zero attached hydrogens (tertiary/aromatic N) is 1. The molecule has 3 heteroatoms. The predicted molar refractivity (Wildman–Crippen MR) is 99.6 cm³/mol. The van der Waals surface area contributed by atoms with E-state index in [1.54, 1.807) is 0 Å². The van der Waals surface area contributed by atoms with Crippen LogP contribution in [0, 0.1) is 11.4 Å². The molecule has 22 heavy (non-hydrogen) atoms. The van der Waals surface area contributed by atoms with Gasteiger partial charge in [0.2, 0.25) is 0 Å². The summed E-state index contributed by atoms with van der Waals surface area (Å²) in [5, 5.41) is 0. The number of hydrogen-bond acceptors (Lipinski definition) is 1. The molecule has 0 aliphatic heterocycles. The summed E-state index contributed by atoms with van der Waals surface area (Å²) in [6, 6.07) is 20.9. The lowest BCUT2D eigenvalue weighted by molar-refractivity contribution is 0.918. The average Bonchev–Trinajstić information content (AvgIpc) is 2.54. The molecule has 0 radical (unpaired) electrons. The van der Waals surface area contributed by atoms with Gasteiger partial charge in [-0.3, -0.25) is 0 Å². The molecule has 1 nitrogen and oxygen atoms in total. The van der Waals surface area contributed by atoms with Crippen LogP contribution in [-0.4, -0.2) is 4.57 Å². The van der Waals surface area contributed by atoms with Crippen LogP contribution in [0.5, 0.6) is 0 Å². The molecule has 1 heterocycles. The number of pyridine rings is 1. The molecule has 0 amide bonds. The normalized spacial score (nSPS) is 10.7. The minimum absolute atomic E-state index is 0.826. The van der Waals surface area contributed by atoms with Crippen LogP contribution in [0.25, 0.3) is 22.5 Å². The first-order valence-corrected chi connectivity index (χ1v) is 8.30. The lowest BCUT2D eigenvalue weighted by Crippen LogP contribution is -2.02. The van der Waals surface area contributed by atoms with Crippen molar-refractivity contribution in [3.8, 4) is 22.5 Å². The van der Waals surface area contributed by atoms with Gasteiger partial charge in [-0.1, -0.05) is 72.4 Å². The van der Waals surface area contributed by atoms with Crippen LogP contribution < -0.4 is 0 Å². The van der Waals surface area contributed by atoms with Crippen molar-refractivity contribution in [2.24, 2.45) is 7.05 Å². The zero-order valence-electron chi connectivity index (χ0n) is 12.5. The van der Waals surface area contributed by atoms with Crippen molar-refractivity contribution in [3.05, 3.63) is 75.2 Å². The molecule has 0 unspecified atom stereocenters. The quantitative estimate of drug-likeness (QED) is 0.489. The van der Waals surface area contributed by atoms with Crippen LogP contribution in [0.1, 0.15) is 5.56 Å². The first-order valence-electron chi connectivity index (χ1n) is 7.10. The highest BCUT2D eigenvalue weighted by atomic mass is 79.9. The van der Waals surface area contributed by atoms with Gasteiger partial charge in [-0.25, -0.2) is 0 Å². The smallest absolute Gasteiger partial charge is 0.0641 e. The molecule has 1 aromatic heterocycles. The summed E-state index contributed by atoms with van der Waals surface area (Å²) in [5.74, 6) is 0. The van der Waals surface area contributed by atoms with E-state index in [0.29, 0.717) is 0 Å². The van der Waals surface area contributed by atoms with Crippen LogP contribution in [0.4, 0.5) is 0 Å². The van der Waals surface area contributed by atoms with Gasteiger partial charge in [0.05, 0.1) is 14.7 Å². The van der Waals surface area contributed by atoms with Gasteiger partial charge >= 0.3 is 0 Å². The van der Waals surface area contributed by atoms with E-state index >= 15 is 0 Å². The fourth-order valence-electron chi connectivity index (χ4n) is 2.59. The fourth-order valence-corrected chi connectivity index (χ4v) is 3.40. The van der Waals surface area contributed by atoms with E-state index in [9.17, 15) is 0 Å². The summed E-state index contributed by atoms with van der Waals surface area (Å²) in [6.07, 6.45) is 0. The first-order chi connectivity index (χ1) is 10.6. The molecule has 2 aromatic carbocycles. The first kappa shape index (κ1) is 15.2. The second-order valence-electron chi connectivity index (χ2n) is 5.35. The van der Waals surface area contributed by atoms with E-state index in [0.717, 1.165) is 31.5 Å². The zero-order valence-corrected chi connectivity index (χ0v) is 14.9. The molecule has 0 N–H and O–H groups in total. The van der Waals surface area contributed by atoms with Crippen molar-refractivity contribution in [2.75, 3.05) is 0 Å². The summed E-state index contributed by atoms with van der Waals surface area (Å²) in [6.45, 7) is 2.09. The minimum Gasteiger partial charge on any atom is -0.343 e. The Morgan fingerprint density at radius 1 is 0.909 bits per heavy atom. The van der Waals surface area contributed by atoms with E-state index in [-0.39, 0.29) is 0 Å². The van der Waals surface area contributed by atoms with Gasteiger partial charge in [-0.2, -0.15) is 0 Å². The second kappa shape index (κ2) is 6.19. The van der Waals surface area contributed by atoms with Crippen LogP contribution in [0.2, 0.25) is 0 Å². The van der Waals surface area contributed by atoms with Crippen molar-refractivity contribution in [2.45, 2.75) is 6.92 Å². The largest absolute Gasteiger partial charge is 0.343 e. The number of aromatic nitrogens is 1. The molecular weight excluding hydrogens is 354 g/mol. The molecule has 0 bridgehead atoms. The summed E-state index contributed by atoms with van der Waals surface area (Å²) < 4.78 is 3.99. The molecular formula is C19H16BrNS. The molecule has 0 spiro atoms. The molecule has 0 saturated heterocycles. The molecule has 3 rings (SSSR count). The Kier molecular flexibility index (Phi) is 4.27. The van der Waals surface area contributed by atoms with Gasteiger partial charge in [0.25, 0.3) is 0 Å². The Bertz CT molecular complexity index is 864. The Labute approximate surface area is 144 Å². The van der Waals surface area contributed by atoms with E-state index in [1.807, 2.05) is 24.3 Å². The second-order valence-corrected chi connectivity index (χ2v) is 6.58. The maximum absolute atomic E-state index is 5.55. The van der Waals surface area contributed by atoms with Crippen molar-refractivity contribution < 1.29 is 0 Å². The summed E-state index contributed by atoms with van der Waals surface area (Å²) in [4.78, 5) is 0. The summed E-state index contributed by atoms with van der Waals surface area (Å²) in [5.41, 5.74) is 5.79. The van der Waals surface area contributed by atoms with Crippen molar-refractivity contribution in [1.29, 1.82) is 0 Å². The van der Waals surface area contributed by atoms with E-state index in [2.05, 4.69) is 70.9 Å². The van der Waals surface area contributed by atoms with Crippen LogP contribution >= 0.6 is 28.1 Å². The molecule has 0 aliphatic rings. The van der Waals surface area contributed by atoms with Gasteiger partial charge in [-0.05, 0) is 40.0 Å². The molecule has 0 fully saturated rings. The Morgan fingerprint density at radius 3 is 2.18 bits per heavy atom. The fraction of sp³-hybridized carbons (Fsp3) is 0.105. The number of rotatable bonds is 2. The predicted octanol–water partition coefficient (Wildman–Crippen LogP) is 6.16. The summed E-state index contributed by atoms with van der Waals surface area (Å²) >= 11 is 9.22. The number of halogens is 1. The van der Waals surface area contributed by atoms with E-state index in [4.69, 9.17) is 12.2 Å². The highest BCUT2D eigenvalue weighted by molar-refractivity contribution is 9.10. The minimum atomic E-state index is 0.826. The monoisotopic (exact) mass is 369 g/mol. The zero-order chi connectivity index (χ0) is 15.7. The molecule has 110 valence electrons. The van der Waals surface area contributed by atoms with Gasteiger partial charge in [-0.15, -0.1) is 0 Å². The van der Waals surface area contributed by atoms with E-state index in [1.165, 1.54) is 5.56 Å². The third-order valence-electron chi connectivity index (χ3n) is 3.78. The van der Waals surface area contributed by atoms with Gasteiger partial charge in [0, 0.05) is 12.7 Å². The Morgan fingerprint density at radius 2 is 1.55 bits per heavy atom.